The molecule has 0 aliphatic carbocycles. The van der Waals surface area contributed by atoms with Crippen molar-refractivity contribution in [3.8, 4) is 6.07 Å². The van der Waals surface area contributed by atoms with Gasteiger partial charge < -0.3 is 10.4 Å². The van der Waals surface area contributed by atoms with Crippen molar-refractivity contribution in [3.05, 3.63) is 59.2 Å². The van der Waals surface area contributed by atoms with Crippen LogP contribution >= 0.6 is 0 Å². The Kier molecular flexibility index (Phi) is 7.80. The molecule has 0 saturated heterocycles. The summed E-state index contributed by atoms with van der Waals surface area (Å²) in [7, 11) is -4.01. The molecule has 0 bridgehead atoms. The van der Waals surface area contributed by atoms with Crippen molar-refractivity contribution >= 4 is 27.6 Å². The number of hydrogen-bond acceptors (Lipinski definition) is 5. The predicted molar refractivity (Wildman–Crippen MR) is 116 cm³/mol. The topological polar surface area (TPSA) is 137 Å². The van der Waals surface area contributed by atoms with Gasteiger partial charge >= 0.3 is 5.97 Å². The number of rotatable bonds is 10. The van der Waals surface area contributed by atoms with Gasteiger partial charge in [0, 0.05) is 12.2 Å². The van der Waals surface area contributed by atoms with Crippen LogP contribution in [-0.2, 0) is 21.4 Å². The number of unbranched alkanes of at least 4 members (excludes halogenated alkanes) is 1. The first-order valence-electron chi connectivity index (χ1n) is 9.63. The van der Waals surface area contributed by atoms with Gasteiger partial charge in [-0.05, 0) is 60.4 Å². The molecule has 4 N–H and O–H groups in total. The summed E-state index contributed by atoms with van der Waals surface area (Å²) in [4.78, 5) is 12.0. The van der Waals surface area contributed by atoms with Crippen LogP contribution in [0.3, 0.4) is 0 Å². The summed E-state index contributed by atoms with van der Waals surface area (Å²) < 4.78 is 25.4. The first-order valence-corrected chi connectivity index (χ1v) is 11.1. The van der Waals surface area contributed by atoms with Gasteiger partial charge in [0.25, 0.3) is 10.2 Å². The largest absolute Gasteiger partial charge is 0.479 e. The van der Waals surface area contributed by atoms with E-state index in [1.807, 2.05) is 19.9 Å². The Morgan fingerprint density at radius 3 is 2.40 bits per heavy atom. The van der Waals surface area contributed by atoms with Gasteiger partial charge in [-0.3, -0.25) is 4.31 Å². The lowest BCUT2D eigenvalue weighted by Gasteiger charge is -2.24. The van der Waals surface area contributed by atoms with E-state index in [9.17, 15) is 18.3 Å². The average molecular weight is 431 g/mol. The molecule has 0 aromatic heterocycles. The molecule has 2 aromatic carbocycles. The highest BCUT2D eigenvalue weighted by Crippen LogP contribution is 2.28. The number of aryl methyl sites for hydroxylation is 1. The standard InChI is InChI=1S/C21H26N4O4S/c1-3-5-10-25(30(23,28)29)19-12-15(4-2)11-17(13-19)20(21(26)27)24-18-8-6-16(14-22)7-9-18/h6-9,11-13,20,24H,3-5,10H2,1-2H3,(H,26,27)(H2,23,28,29). The number of nitrogens with two attached hydrogens (primary N) is 1. The van der Waals surface area contributed by atoms with Crippen LogP contribution in [-0.4, -0.2) is 26.0 Å². The highest BCUT2D eigenvalue weighted by Gasteiger charge is 2.24. The van der Waals surface area contributed by atoms with Crippen molar-refractivity contribution in [1.82, 2.24) is 0 Å². The van der Waals surface area contributed by atoms with Crippen LogP contribution < -0.4 is 14.8 Å². The van der Waals surface area contributed by atoms with E-state index in [1.165, 1.54) is 6.07 Å². The number of benzene rings is 2. The maximum atomic E-state index is 12.1. The molecular formula is C21H26N4O4S. The second-order valence-electron chi connectivity index (χ2n) is 6.86. The lowest BCUT2D eigenvalue weighted by molar-refractivity contribution is -0.138. The van der Waals surface area contributed by atoms with Gasteiger partial charge in [0.2, 0.25) is 0 Å². The quantitative estimate of drug-likeness (QED) is 0.529. The smallest absolute Gasteiger partial charge is 0.330 e. The summed E-state index contributed by atoms with van der Waals surface area (Å²) in [5, 5.41) is 27.1. The monoisotopic (exact) mass is 430 g/mol. The maximum absolute atomic E-state index is 12.1. The molecule has 0 spiro atoms. The summed E-state index contributed by atoms with van der Waals surface area (Å²) in [6.45, 7) is 4.06. The molecule has 0 aliphatic heterocycles. The van der Waals surface area contributed by atoms with Crippen molar-refractivity contribution < 1.29 is 18.3 Å². The summed E-state index contributed by atoms with van der Waals surface area (Å²) in [5.41, 5.74) is 2.53. The van der Waals surface area contributed by atoms with Gasteiger partial charge in [-0.1, -0.05) is 26.3 Å². The molecule has 1 unspecified atom stereocenters. The number of carbonyl (C=O) groups is 1. The van der Waals surface area contributed by atoms with E-state index in [0.29, 0.717) is 35.3 Å². The first-order chi connectivity index (χ1) is 14.2. The Morgan fingerprint density at radius 2 is 1.90 bits per heavy atom. The number of nitrogens with zero attached hydrogens (tertiary/aromatic N) is 2. The fourth-order valence-electron chi connectivity index (χ4n) is 3.01. The minimum Gasteiger partial charge on any atom is -0.479 e. The van der Waals surface area contributed by atoms with E-state index in [2.05, 4.69) is 5.32 Å². The molecule has 0 fully saturated rings. The van der Waals surface area contributed by atoms with Gasteiger partial charge in [0.15, 0.2) is 6.04 Å². The summed E-state index contributed by atoms with van der Waals surface area (Å²) in [6.07, 6.45) is 1.99. The number of carboxylic acids is 1. The fraction of sp³-hybridized carbons (Fsp3) is 0.333. The van der Waals surface area contributed by atoms with Gasteiger partial charge in [-0.2, -0.15) is 13.7 Å². The number of nitriles is 1. The van der Waals surface area contributed by atoms with Crippen LogP contribution in [0.25, 0.3) is 0 Å². The molecule has 0 aliphatic rings. The van der Waals surface area contributed by atoms with E-state index in [-0.39, 0.29) is 6.54 Å². The first kappa shape index (κ1) is 23.2. The van der Waals surface area contributed by atoms with Crippen LogP contribution in [0.4, 0.5) is 11.4 Å². The van der Waals surface area contributed by atoms with Crippen molar-refractivity contribution in [2.75, 3.05) is 16.2 Å². The Morgan fingerprint density at radius 1 is 1.23 bits per heavy atom. The predicted octanol–water partition coefficient (Wildman–Crippen LogP) is 3.17. The van der Waals surface area contributed by atoms with E-state index >= 15 is 0 Å². The van der Waals surface area contributed by atoms with Crippen molar-refractivity contribution in [2.45, 2.75) is 39.2 Å². The van der Waals surface area contributed by atoms with E-state index in [1.54, 1.807) is 36.4 Å². The van der Waals surface area contributed by atoms with Crippen LogP contribution in [0.1, 0.15) is 49.4 Å². The SMILES string of the molecule is CCCCN(c1cc(CC)cc(C(Nc2ccc(C#N)cc2)C(=O)O)c1)S(N)(=O)=O. The molecule has 0 amide bonds. The normalized spacial score (nSPS) is 12.1. The maximum Gasteiger partial charge on any atom is 0.330 e. The van der Waals surface area contributed by atoms with Crippen LogP contribution in [0.5, 0.6) is 0 Å². The Balaban J connectivity index is 2.49. The third-order valence-electron chi connectivity index (χ3n) is 4.62. The van der Waals surface area contributed by atoms with Gasteiger partial charge in [0.1, 0.15) is 0 Å². The Labute approximate surface area is 177 Å². The molecule has 2 aromatic rings. The molecule has 2 rings (SSSR count). The fourth-order valence-corrected chi connectivity index (χ4v) is 3.80. The second-order valence-corrected chi connectivity index (χ2v) is 8.33. The Hall–Kier alpha value is -3.09. The Bertz CT molecular complexity index is 1030. The molecule has 0 heterocycles. The van der Waals surface area contributed by atoms with Gasteiger partial charge in [-0.25, -0.2) is 9.93 Å². The van der Waals surface area contributed by atoms with E-state index < -0.39 is 22.2 Å². The van der Waals surface area contributed by atoms with E-state index in [4.69, 9.17) is 10.4 Å². The molecule has 30 heavy (non-hydrogen) atoms. The van der Waals surface area contributed by atoms with Gasteiger partial charge in [-0.15, -0.1) is 0 Å². The molecular weight excluding hydrogens is 404 g/mol. The zero-order valence-electron chi connectivity index (χ0n) is 17.0. The summed E-state index contributed by atoms with van der Waals surface area (Å²) >= 11 is 0. The highest BCUT2D eigenvalue weighted by atomic mass is 32.2. The third kappa shape index (κ3) is 5.95. The van der Waals surface area contributed by atoms with E-state index in [0.717, 1.165) is 16.3 Å². The third-order valence-corrected chi connectivity index (χ3v) is 5.63. The van der Waals surface area contributed by atoms with Crippen LogP contribution in [0.2, 0.25) is 0 Å². The highest BCUT2D eigenvalue weighted by molar-refractivity contribution is 7.90. The lowest BCUT2D eigenvalue weighted by Crippen LogP contribution is -2.37. The molecule has 0 saturated carbocycles. The lowest BCUT2D eigenvalue weighted by atomic mass is 10.0. The minimum atomic E-state index is -4.01. The van der Waals surface area contributed by atoms with Crippen LogP contribution in [0.15, 0.2) is 42.5 Å². The average Bonchev–Trinajstić information content (AvgIpc) is 2.71. The second kappa shape index (κ2) is 10.1. The molecule has 1 atom stereocenters. The number of nitrogens with one attached hydrogen (secondary N) is 1. The summed E-state index contributed by atoms with van der Waals surface area (Å²) in [6, 6.07) is 12.3. The number of carboxylic acid groups (broad SMARTS) is 1. The van der Waals surface area contributed by atoms with Crippen molar-refractivity contribution in [1.29, 1.82) is 5.26 Å². The van der Waals surface area contributed by atoms with Crippen molar-refractivity contribution in [3.63, 3.8) is 0 Å². The number of aliphatic carboxylic acids is 1. The minimum absolute atomic E-state index is 0.211. The number of hydrogen-bond donors (Lipinski definition) is 3. The molecule has 8 nitrogen and oxygen atoms in total. The van der Waals surface area contributed by atoms with Crippen LogP contribution in [0, 0.1) is 11.3 Å². The summed E-state index contributed by atoms with van der Waals surface area (Å²) in [5.74, 6) is -1.12. The molecule has 9 heteroatoms. The zero-order valence-corrected chi connectivity index (χ0v) is 17.8. The molecule has 0 radical (unpaired) electrons. The number of anilines is 2. The molecule has 160 valence electrons. The van der Waals surface area contributed by atoms with Gasteiger partial charge in [0.05, 0.1) is 17.3 Å². The zero-order chi connectivity index (χ0) is 22.3. The van der Waals surface area contributed by atoms with Crippen molar-refractivity contribution in [2.24, 2.45) is 5.14 Å².